The van der Waals surface area contributed by atoms with Gasteiger partial charge in [-0.15, -0.1) is 11.3 Å². The van der Waals surface area contributed by atoms with Gasteiger partial charge in [-0.3, -0.25) is 28.8 Å². The molecule has 3 fully saturated rings. The zero-order valence-corrected chi connectivity index (χ0v) is 31.3. The first-order valence-electron chi connectivity index (χ1n) is 17.8. The molecular weight excluding hydrogens is 746 g/mol. The molecular formula is C40H33BClFN4O7S. The summed E-state index contributed by atoms with van der Waals surface area (Å²) in [4.78, 5) is 61.3. The van der Waals surface area contributed by atoms with Gasteiger partial charge < -0.3 is 15.2 Å². The first-order valence-corrected chi connectivity index (χ1v) is 19.0. The van der Waals surface area contributed by atoms with Gasteiger partial charge in [0.05, 0.1) is 33.7 Å². The van der Waals surface area contributed by atoms with Crippen molar-refractivity contribution in [2.24, 2.45) is 36.1 Å². The van der Waals surface area contributed by atoms with Crippen molar-refractivity contribution in [1.29, 1.82) is 0 Å². The molecule has 1 saturated carbocycles. The molecule has 15 heteroatoms. The van der Waals surface area contributed by atoms with Crippen LogP contribution in [0, 0.1) is 41.8 Å². The number of benzene rings is 3. The van der Waals surface area contributed by atoms with E-state index in [1.807, 2.05) is 31.2 Å². The molecule has 6 atom stereocenters. The van der Waals surface area contributed by atoms with Gasteiger partial charge in [-0.05, 0) is 97.0 Å². The lowest BCUT2D eigenvalue weighted by Crippen LogP contribution is -2.49. The average Bonchev–Trinajstić information content (AvgIpc) is 3.83. The zero-order valence-electron chi connectivity index (χ0n) is 29.7. The SMILES string of the molecule is Cc1c(-c2cc(N3C(=O)C4CC5C(=CCC6C(=O)N(c7cccc(B(O)O)c7)C(=O)C65)C(c5ccc(O)c(F)c5)C4(C)C3=O)n(C)n2)sc2ccc(Cl)cc12. The number of hydrogen-bond donors (Lipinski definition) is 3. The number of carbonyl (C=O) groups is 4. The molecule has 4 heterocycles. The van der Waals surface area contributed by atoms with Gasteiger partial charge in [-0.2, -0.15) is 5.10 Å². The van der Waals surface area contributed by atoms with Gasteiger partial charge in [0.15, 0.2) is 11.6 Å². The number of nitrogens with zero attached hydrogens (tertiary/aromatic N) is 4. The summed E-state index contributed by atoms with van der Waals surface area (Å²) in [6, 6.07) is 17.2. The first-order chi connectivity index (χ1) is 26.2. The lowest BCUT2D eigenvalue weighted by Gasteiger charge is -2.49. The molecule has 278 valence electrons. The number of fused-ring (bicyclic) bond motifs is 5. The van der Waals surface area contributed by atoms with Gasteiger partial charge in [0.25, 0.3) is 0 Å². The molecule has 2 aromatic heterocycles. The minimum atomic E-state index is -1.82. The zero-order chi connectivity index (χ0) is 38.8. The molecule has 3 N–H and O–H groups in total. The van der Waals surface area contributed by atoms with E-state index in [1.165, 1.54) is 46.4 Å². The van der Waals surface area contributed by atoms with Crippen LogP contribution in [0.1, 0.15) is 36.8 Å². The van der Waals surface area contributed by atoms with Crippen molar-refractivity contribution in [1.82, 2.24) is 9.78 Å². The van der Waals surface area contributed by atoms with Crippen LogP contribution < -0.4 is 15.3 Å². The number of aryl methyl sites for hydroxylation is 2. The Hall–Kier alpha value is -5.15. The van der Waals surface area contributed by atoms with Crippen LogP contribution in [-0.2, 0) is 26.2 Å². The van der Waals surface area contributed by atoms with E-state index in [9.17, 15) is 29.5 Å². The summed E-state index contributed by atoms with van der Waals surface area (Å²) in [5, 5.41) is 36.0. The van der Waals surface area contributed by atoms with E-state index in [0.29, 0.717) is 21.9 Å². The largest absolute Gasteiger partial charge is 0.505 e. The number of anilines is 2. The fourth-order valence-electron chi connectivity index (χ4n) is 9.61. The second kappa shape index (κ2) is 12.4. The number of thiophene rings is 1. The van der Waals surface area contributed by atoms with E-state index in [1.54, 1.807) is 26.1 Å². The van der Waals surface area contributed by atoms with Crippen molar-refractivity contribution in [2.45, 2.75) is 32.6 Å². The van der Waals surface area contributed by atoms with E-state index in [-0.39, 0.29) is 29.8 Å². The van der Waals surface area contributed by atoms with Crippen LogP contribution in [0.2, 0.25) is 5.02 Å². The normalized spacial score (nSPS) is 26.1. The van der Waals surface area contributed by atoms with Crippen molar-refractivity contribution in [3.63, 3.8) is 0 Å². The van der Waals surface area contributed by atoms with Gasteiger partial charge in [0, 0.05) is 28.8 Å². The molecule has 55 heavy (non-hydrogen) atoms. The Balaban J connectivity index is 1.14. The number of allylic oxidation sites excluding steroid dienone is 2. The molecule has 11 nitrogen and oxygen atoms in total. The number of halogens is 2. The predicted octanol–water partition coefficient (Wildman–Crippen LogP) is 5.22. The summed E-state index contributed by atoms with van der Waals surface area (Å²) in [7, 11) is -0.159. The molecule has 5 aromatic rings. The monoisotopic (exact) mass is 778 g/mol. The Kier molecular flexibility index (Phi) is 8.04. The summed E-state index contributed by atoms with van der Waals surface area (Å²) in [6.45, 7) is 3.67. The quantitative estimate of drug-likeness (QED) is 0.125. The number of aromatic nitrogens is 2. The van der Waals surface area contributed by atoms with Crippen molar-refractivity contribution in [3.05, 3.63) is 100 Å². The summed E-state index contributed by atoms with van der Waals surface area (Å²) in [5.41, 5.74) is 1.38. The van der Waals surface area contributed by atoms with E-state index < -0.39 is 77.3 Å². The van der Waals surface area contributed by atoms with E-state index in [4.69, 9.17) is 16.7 Å². The summed E-state index contributed by atoms with van der Waals surface area (Å²) in [5.74, 6) is -7.37. The third-order valence-electron chi connectivity index (χ3n) is 12.2. The van der Waals surface area contributed by atoms with Crippen LogP contribution in [-0.4, -0.2) is 55.7 Å². The van der Waals surface area contributed by atoms with Crippen LogP contribution in [0.3, 0.4) is 0 Å². The molecule has 4 aliphatic rings. The maximum atomic E-state index is 15.2. The number of phenolic OH excluding ortho intramolecular Hbond substituents is 1. The molecule has 0 radical (unpaired) electrons. The highest BCUT2D eigenvalue weighted by Crippen LogP contribution is 2.64. The van der Waals surface area contributed by atoms with Crippen molar-refractivity contribution < 1.29 is 38.7 Å². The third-order valence-corrected chi connectivity index (χ3v) is 13.8. The minimum Gasteiger partial charge on any atom is -0.505 e. The molecule has 9 rings (SSSR count). The van der Waals surface area contributed by atoms with Crippen molar-refractivity contribution in [2.75, 3.05) is 9.80 Å². The number of imide groups is 2. The fraction of sp³-hybridized carbons (Fsp3) is 0.275. The van der Waals surface area contributed by atoms with Crippen molar-refractivity contribution >= 4 is 80.7 Å². The standard InChI is InChI=1S/C40H33BClFN4O7S/c1-18-25-15-21(42)8-12-31(25)55-35(18)29-17-32(45(3)44-29)47-37(50)27-16-26-23(34(40(27,2)39(47)52)19-7-11-30(48)28(43)13-19)9-10-24-33(26)38(51)46(36(24)49)22-6-4-5-20(14-22)41(53)54/h4-9,11-15,17,24,26-27,33-34,48,53-54H,10,16H2,1-3H3. The Labute approximate surface area is 323 Å². The smallest absolute Gasteiger partial charge is 0.488 e. The van der Waals surface area contributed by atoms with Crippen LogP contribution in [0.4, 0.5) is 15.9 Å². The summed E-state index contributed by atoms with van der Waals surface area (Å²) < 4.78 is 17.7. The fourth-order valence-corrected chi connectivity index (χ4v) is 10.9. The lowest BCUT2D eigenvalue weighted by molar-refractivity contribution is -0.131. The predicted molar refractivity (Wildman–Crippen MR) is 205 cm³/mol. The van der Waals surface area contributed by atoms with Gasteiger partial charge in [-0.25, -0.2) is 9.29 Å². The van der Waals surface area contributed by atoms with Crippen molar-refractivity contribution in [3.8, 4) is 16.3 Å². The summed E-state index contributed by atoms with van der Waals surface area (Å²) in [6.07, 6.45) is 2.09. The Morgan fingerprint density at radius 3 is 2.49 bits per heavy atom. The minimum absolute atomic E-state index is 0.0742. The number of aromatic hydroxyl groups is 1. The molecule has 6 unspecified atom stereocenters. The summed E-state index contributed by atoms with van der Waals surface area (Å²) >= 11 is 7.81. The first kappa shape index (κ1) is 35.6. The maximum absolute atomic E-state index is 15.2. The molecule has 0 spiro atoms. The third kappa shape index (κ3) is 5.04. The highest BCUT2D eigenvalue weighted by atomic mass is 35.5. The topological polar surface area (TPSA) is 153 Å². The van der Waals surface area contributed by atoms with Gasteiger partial charge in [0.1, 0.15) is 11.5 Å². The number of hydrogen-bond acceptors (Lipinski definition) is 9. The van der Waals surface area contributed by atoms with Gasteiger partial charge in [-0.1, -0.05) is 41.4 Å². The van der Waals surface area contributed by atoms with E-state index in [2.05, 4.69) is 0 Å². The van der Waals surface area contributed by atoms with Crippen LogP contribution in [0.25, 0.3) is 20.7 Å². The lowest BCUT2D eigenvalue weighted by atomic mass is 9.51. The van der Waals surface area contributed by atoms with Gasteiger partial charge in [0.2, 0.25) is 23.6 Å². The Bertz CT molecular complexity index is 2570. The van der Waals surface area contributed by atoms with E-state index >= 15 is 9.18 Å². The molecule has 4 amide bonds. The van der Waals surface area contributed by atoms with Crippen LogP contribution in [0.5, 0.6) is 5.75 Å². The molecule has 2 aliphatic heterocycles. The second-order valence-corrected chi connectivity index (χ2v) is 16.5. The van der Waals surface area contributed by atoms with Crippen LogP contribution in [0.15, 0.2) is 78.4 Å². The Morgan fingerprint density at radius 1 is 0.964 bits per heavy atom. The van der Waals surface area contributed by atoms with Gasteiger partial charge >= 0.3 is 7.12 Å². The number of carbonyl (C=O) groups excluding carboxylic acids is 4. The number of rotatable bonds is 5. The second-order valence-electron chi connectivity index (χ2n) is 15.1. The maximum Gasteiger partial charge on any atom is 0.488 e. The van der Waals surface area contributed by atoms with Crippen LogP contribution >= 0.6 is 22.9 Å². The molecule has 2 saturated heterocycles. The highest BCUT2D eigenvalue weighted by Gasteiger charge is 2.68. The average molecular weight is 779 g/mol. The highest BCUT2D eigenvalue weighted by molar-refractivity contribution is 7.22. The molecule has 3 aromatic carbocycles. The number of amides is 4. The number of phenols is 1. The Morgan fingerprint density at radius 2 is 1.75 bits per heavy atom. The van der Waals surface area contributed by atoms with E-state index in [0.717, 1.165) is 36.4 Å². The molecule has 2 aliphatic carbocycles. The molecule has 0 bridgehead atoms.